The van der Waals surface area contributed by atoms with Crippen LogP contribution in [0.15, 0.2) is 0 Å². The van der Waals surface area contributed by atoms with Crippen molar-refractivity contribution in [3.8, 4) is 0 Å². The normalized spacial score (nSPS) is 13.6. The molecule has 4 nitrogen and oxygen atoms in total. The molecule has 0 bridgehead atoms. The number of hydrogen-bond donors (Lipinski definition) is 2. The Bertz CT molecular complexity index is 645. The van der Waals surface area contributed by atoms with Crippen LogP contribution >= 0.6 is 0 Å². The molecule has 0 aliphatic rings. The second kappa shape index (κ2) is 9.89. The molecule has 0 spiro atoms. The molecular weight excluding hydrogens is 376 g/mol. The lowest BCUT2D eigenvalue weighted by molar-refractivity contribution is 0.0893. The van der Waals surface area contributed by atoms with Gasteiger partial charge in [-0.25, -0.2) is 17.6 Å². The van der Waals surface area contributed by atoms with Gasteiger partial charge in [-0.1, -0.05) is 41.5 Å². The van der Waals surface area contributed by atoms with Crippen molar-refractivity contribution >= 4 is 11.8 Å². The topological polar surface area (TPSA) is 58.2 Å². The molecule has 0 unspecified atom stereocenters. The van der Waals surface area contributed by atoms with Crippen molar-refractivity contribution in [2.24, 2.45) is 11.8 Å². The van der Waals surface area contributed by atoms with Gasteiger partial charge in [0.15, 0.2) is 23.3 Å². The molecule has 0 aliphatic heterocycles. The Morgan fingerprint density at radius 3 is 1.11 bits per heavy atom. The molecule has 0 saturated heterocycles. The van der Waals surface area contributed by atoms with Crippen LogP contribution in [0.5, 0.6) is 0 Å². The van der Waals surface area contributed by atoms with Gasteiger partial charge in [-0.2, -0.15) is 0 Å². The third-order valence-corrected chi connectivity index (χ3v) is 4.84. The Hall–Kier alpha value is -2.12. The van der Waals surface area contributed by atoms with Crippen LogP contribution in [-0.2, 0) is 0 Å². The molecule has 0 aliphatic carbocycles. The highest BCUT2D eigenvalue weighted by molar-refractivity contribution is 5.99. The summed E-state index contributed by atoms with van der Waals surface area (Å²) in [6.45, 7) is 10.7. The van der Waals surface area contributed by atoms with E-state index in [2.05, 4.69) is 10.6 Å². The lowest BCUT2D eigenvalue weighted by Gasteiger charge is -2.22. The van der Waals surface area contributed by atoms with Gasteiger partial charge in [-0.15, -0.1) is 0 Å². The number of carbonyl (C=O) groups excluding carboxylic acids is 2. The van der Waals surface area contributed by atoms with E-state index in [1.165, 1.54) is 0 Å². The largest absolute Gasteiger partial charge is 0.349 e. The first-order valence-electron chi connectivity index (χ1n) is 9.45. The lowest BCUT2D eigenvalue weighted by Crippen LogP contribution is -2.40. The summed E-state index contributed by atoms with van der Waals surface area (Å²) in [6.07, 6.45) is 0.928. The molecule has 1 aromatic rings. The van der Waals surface area contributed by atoms with Crippen molar-refractivity contribution in [1.82, 2.24) is 10.6 Å². The van der Waals surface area contributed by atoms with Crippen LogP contribution in [0.3, 0.4) is 0 Å². The van der Waals surface area contributed by atoms with Gasteiger partial charge in [-0.3, -0.25) is 9.59 Å². The summed E-state index contributed by atoms with van der Waals surface area (Å²) in [5.41, 5.74) is -2.75. The second-order valence-corrected chi connectivity index (χ2v) is 7.47. The van der Waals surface area contributed by atoms with E-state index in [9.17, 15) is 27.2 Å². The summed E-state index contributed by atoms with van der Waals surface area (Å²) in [6, 6.07) is -0.867. The van der Waals surface area contributed by atoms with Crippen molar-refractivity contribution < 1.29 is 27.2 Å². The molecule has 8 heteroatoms. The number of nitrogens with one attached hydrogen (secondary N) is 2. The number of amides is 2. The zero-order chi connectivity index (χ0) is 21.8. The van der Waals surface area contributed by atoms with Crippen LogP contribution in [-0.4, -0.2) is 23.9 Å². The summed E-state index contributed by atoms with van der Waals surface area (Å²) in [7, 11) is 0. The molecule has 0 radical (unpaired) electrons. The van der Waals surface area contributed by atoms with Gasteiger partial charge in [0.05, 0.1) is 0 Å². The van der Waals surface area contributed by atoms with Gasteiger partial charge in [0.1, 0.15) is 11.1 Å². The Labute approximate surface area is 163 Å². The summed E-state index contributed by atoms with van der Waals surface area (Å²) in [5, 5.41) is 4.74. The van der Waals surface area contributed by atoms with E-state index in [1.54, 1.807) is 41.5 Å². The summed E-state index contributed by atoms with van der Waals surface area (Å²) in [5.74, 6) is -10.2. The van der Waals surface area contributed by atoms with Gasteiger partial charge < -0.3 is 10.6 Å². The highest BCUT2D eigenvalue weighted by Crippen LogP contribution is 2.25. The number of rotatable bonds is 8. The molecule has 1 aromatic carbocycles. The van der Waals surface area contributed by atoms with E-state index in [-0.39, 0.29) is 11.8 Å². The Morgan fingerprint density at radius 1 is 0.679 bits per heavy atom. The van der Waals surface area contributed by atoms with Crippen molar-refractivity contribution in [3.05, 3.63) is 34.4 Å². The zero-order valence-corrected chi connectivity index (χ0v) is 17.1. The number of halogens is 4. The van der Waals surface area contributed by atoms with E-state index in [4.69, 9.17) is 0 Å². The van der Waals surface area contributed by atoms with Gasteiger partial charge in [0.25, 0.3) is 11.8 Å². The molecule has 0 aromatic heterocycles. The molecule has 1 rings (SSSR count). The smallest absolute Gasteiger partial charge is 0.257 e. The minimum absolute atomic E-state index is 0.0539. The maximum atomic E-state index is 14.4. The Balaban J connectivity index is 3.35. The average Bonchev–Trinajstić information content (AvgIpc) is 2.62. The lowest BCUT2D eigenvalue weighted by atomic mass is 9.99. The first kappa shape index (κ1) is 23.9. The molecule has 2 atom stereocenters. The highest BCUT2D eigenvalue weighted by atomic mass is 19.2. The fraction of sp³-hybridized carbons (Fsp3) is 0.600. The molecule has 158 valence electrons. The third-order valence-electron chi connectivity index (χ3n) is 4.84. The summed E-state index contributed by atoms with van der Waals surface area (Å²) < 4.78 is 57.7. The van der Waals surface area contributed by atoms with Crippen molar-refractivity contribution in [1.29, 1.82) is 0 Å². The standard InChI is InChI=1S/C20H28F4N2O2/c1-7-11(9(3)4)25-19(27)13-15(21)17(23)14(18(24)16(13)22)20(28)26-12(8-2)10(5)6/h9-12H,7-8H2,1-6H3,(H,25,27)(H,26,28)/t11-,12+. The molecule has 2 amide bonds. The summed E-state index contributed by atoms with van der Waals surface area (Å²) in [4.78, 5) is 24.5. The van der Waals surface area contributed by atoms with Crippen LogP contribution in [0.2, 0.25) is 0 Å². The van der Waals surface area contributed by atoms with Gasteiger partial charge in [0, 0.05) is 12.1 Å². The van der Waals surface area contributed by atoms with Crippen molar-refractivity contribution in [2.45, 2.75) is 66.5 Å². The average molecular weight is 404 g/mol. The monoisotopic (exact) mass is 404 g/mol. The minimum atomic E-state index is -1.89. The maximum absolute atomic E-state index is 14.4. The molecular formula is C20H28F4N2O2. The molecule has 0 fully saturated rings. The number of hydrogen-bond acceptors (Lipinski definition) is 2. The quantitative estimate of drug-likeness (QED) is 0.493. The zero-order valence-electron chi connectivity index (χ0n) is 17.1. The second-order valence-electron chi connectivity index (χ2n) is 7.47. The summed E-state index contributed by atoms with van der Waals surface area (Å²) >= 11 is 0. The van der Waals surface area contributed by atoms with Crippen molar-refractivity contribution in [3.63, 3.8) is 0 Å². The van der Waals surface area contributed by atoms with Crippen LogP contribution in [0.25, 0.3) is 0 Å². The molecule has 0 heterocycles. The van der Waals surface area contributed by atoms with Crippen LogP contribution in [0.1, 0.15) is 75.1 Å². The molecule has 0 saturated carbocycles. The van der Waals surface area contributed by atoms with Crippen LogP contribution in [0.4, 0.5) is 17.6 Å². The van der Waals surface area contributed by atoms with Gasteiger partial charge >= 0.3 is 0 Å². The maximum Gasteiger partial charge on any atom is 0.257 e. The first-order chi connectivity index (χ1) is 13.0. The van der Waals surface area contributed by atoms with Gasteiger partial charge in [-0.05, 0) is 24.7 Å². The first-order valence-corrected chi connectivity index (χ1v) is 9.45. The predicted molar refractivity (Wildman–Crippen MR) is 99.0 cm³/mol. The van der Waals surface area contributed by atoms with Crippen LogP contribution in [0, 0.1) is 35.1 Å². The van der Waals surface area contributed by atoms with Gasteiger partial charge in [0.2, 0.25) is 0 Å². The third kappa shape index (κ3) is 5.02. The molecule has 28 heavy (non-hydrogen) atoms. The SMILES string of the molecule is CC[C@H](NC(=O)c1c(F)c(F)c(C(=O)N[C@H](CC)C(C)C)c(F)c1F)C(C)C. The highest BCUT2D eigenvalue weighted by Gasteiger charge is 2.33. The van der Waals surface area contributed by atoms with Crippen molar-refractivity contribution in [2.75, 3.05) is 0 Å². The Morgan fingerprint density at radius 2 is 0.929 bits per heavy atom. The number of carbonyl (C=O) groups is 2. The predicted octanol–water partition coefficient (Wildman–Crippen LogP) is 4.57. The minimum Gasteiger partial charge on any atom is -0.349 e. The fourth-order valence-electron chi connectivity index (χ4n) is 2.99. The fourth-order valence-corrected chi connectivity index (χ4v) is 2.99. The Kier molecular flexibility index (Phi) is 8.45. The van der Waals surface area contributed by atoms with Crippen LogP contribution < -0.4 is 10.6 Å². The molecule has 2 N–H and O–H groups in total. The van der Waals surface area contributed by atoms with E-state index >= 15 is 0 Å². The van der Waals surface area contributed by atoms with E-state index in [1.807, 2.05) is 0 Å². The van der Waals surface area contributed by atoms with E-state index < -0.39 is 58.3 Å². The van der Waals surface area contributed by atoms with E-state index in [0.717, 1.165) is 0 Å². The number of benzene rings is 1. The van der Waals surface area contributed by atoms with E-state index in [0.29, 0.717) is 12.8 Å².